The molecule has 0 saturated carbocycles. The van der Waals surface area contributed by atoms with E-state index in [9.17, 15) is 13.2 Å². The molecule has 0 aromatic heterocycles. The zero-order valence-corrected chi connectivity index (χ0v) is 17.2. The standard InChI is InChI=1S/C21H27N3O3S/c1-23(2)28(26,27)20-10-8-18(9-11-20)19-12-14-24(15-13-19)21(25)22-16-17-6-4-3-5-7-17/h3-11,19H,12-16H2,1-2H3,(H,22,25). The maximum absolute atomic E-state index is 12.4. The van der Waals surface area contributed by atoms with Gasteiger partial charge in [-0.15, -0.1) is 0 Å². The highest BCUT2D eigenvalue weighted by atomic mass is 32.2. The average Bonchev–Trinajstić information content (AvgIpc) is 2.73. The fraction of sp³-hybridized carbons (Fsp3) is 0.381. The highest BCUT2D eigenvalue weighted by Gasteiger charge is 2.24. The molecular formula is C21H27N3O3S. The Morgan fingerprint density at radius 3 is 2.21 bits per heavy atom. The van der Waals surface area contributed by atoms with Gasteiger partial charge in [0.1, 0.15) is 0 Å². The van der Waals surface area contributed by atoms with E-state index in [-0.39, 0.29) is 6.03 Å². The molecular weight excluding hydrogens is 374 g/mol. The first-order valence-electron chi connectivity index (χ1n) is 9.47. The van der Waals surface area contributed by atoms with Gasteiger partial charge in [-0.05, 0) is 42.0 Å². The molecule has 2 aromatic rings. The van der Waals surface area contributed by atoms with Crippen LogP contribution in [-0.4, -0.2) is 50.8 Å². The van der Waals surface area contributed by atoms with Crippen LogP contribution in [0.5, 0.6) is 0 Å². The maximum Gasteiger partial charge on any atom is 0.317 e. The minimum atomic E-state index is -3.40. The number of nitrogens with one attached hydrogen (secondary N) is 1. The van der Waals surface area contributed by atoms with Gasteiger partial charge in [-0.2, -0.15) is 0 Å². The van der Waals surface area contributed by atoms with Gasteiger partial charge < -0.3 is 10.2 Å². The molecule has 2 aromatic carbocycles. The van der Waals surface area contributed by atoms with Crippen LogP contribution in [0.3, 0.4) is 0 Å². The Morgan fingerprint density at radius 1 is 1.04 bits per heavy atom. The molecule has 0 aliphatic carbocycles. The van der Waals surface area contributed by atoms with E-state index in [0.717, 1.165) is 24.0 Å². The minimum Gasteiger partial charge on any atom is -0.334 e. The lowest BCUT2D eigenvalue weighted by Gasteiger charge is -2.32. The second-order valence-corrected chi connectivity index (χ2v) is 9.41. The van der Waals surface area contributed by atoms with Crippen molar-refractivity contribution in [1.82, 2.24) is 14.5 Å². The summed E-state index contributed by atoms with van der Waals surface area (Å²) in [5.41, 5.74) is 2.21. The first-order chi connectivity index (χ1) is 13.4. The molecule has 1 aliphatic rings. The molecule has 150 valence electrons. The van der Waals surface area contributed by atoms with Gasteiger partial charge in [0.2, 0.25) is 10.0 Å². The zero-order chi connectivity index (χ0) is 20.1. The Bertz CT molecular complexity index is 888. The topological polar surface area (TPSA) is 69.7 Å². The van der Waals surface area contributed by atoms with Crippen molar-refractivity contribution in [3.05, 3.63) is 65.7 Å². The van der Waals surface area contributed by atoms with Crippen LogP contribution in [-0.2, 0) is 16.6 Å². The van der Waals surface area contributed by atoms with Crippen LogP contribution >= 0.6 is 0 Å². The molecule has 1 N–H and O–H groups in total. The molecule has 1 aliphatic heterocycles. The van der Waals surface area contributed by atoms with Gasteiger partial charge in [-0.1, -0.05) is 42.5 Å². The van der Waals surface area contributed by atoms with Crippen LogP contribution in [0.15, 0.2) is 59.5 Å². The van der Waals surface area contributed by atoms with Crippen molar-refractivity contribution in [1.29, 1.82) is 0 Å². The normalized spacial score (nSPS) is 15.6. The number of sulfonamides is 1. The monoisotopic (exact) mass is 401 g/mol. The van der Waals surface area contributed by atoms with Crippen LogP contribution in [0, 0.1) is 0 Å². The van der Waals surface area contributed by atoms with E-state index in [0.29, 0.717) is 30.4 Å². The molecule has 0 bridgehead atoms. The second-order valence-electron chi connectivity index (χ2n) is 7.26. The lowest BCUT2D eigenvalue weighted by molar-refractivity contribution is 0.181. The third kappa shape index (κ3) is 4.72. The molecule has 0 unspecified atom stereocenters. The summed E-state index contributed by atoms with van der Waals surface area (Å²) >= 11 is 0. The van der Waals surface area contributed by atoms with Crippen LogP contribution in [0.2, 0.25) is 0 Å². The van der Waals surface area contributed by atoms with E-state index in [2.05, 4.69) is 5.32 Å². The van der Waals surface area contributed by atoms with Crippen LogP contribution in [0.4, 0.5) is 4.79 Å². The van der Waals surface area contributed by atoms with Gasteiger partial charge in [0.25, 0.3) is 0 Å². The highest BCUT2D eigenvalue weighted by molar-refractivity contribution is 7.89. The van der Waals surface area contributed by atoms with Crippen LogP contribution in [0.1, 0.15) is 29.9 Å². The summed E-state index contributed by atoms with van der Waals surface area (Å²) in [5, 5.41) is 2.97. The number of carbonyl (C=O) groups is 1. The predicted molar refractivity (Wildman–Crippen MR) is 110 cm³/mol. The molecule has 3 rings (SSSR count). The largest absolute Gasteiger partial charge is 0.334 e. The zero-order valence-electron chi connectivity index (χ0n) is 16.3. The van der Waals surface area contributed by atoms with E-state index >= 15 is 0 Å². The van der Waals surface area contributed by atoms with E-state index in [1.165, 1.54) is 18.4 Å². The van der Waals surface area contributed by atoms with Crippen molar-refractivity contribution in [2.24, 2.45) is 0 Å². The number of carbonyl (C=O) groups excluding carboxylic acids is 1. The second kappa shape index (κ2) is 8.75. The fourth-order valence-corrected chi connectivity index (χ4v) is 4.33. The Hall–Kier alpha value is -2.38. The first-order valence-corrected chi connectivity index (χ1v) is 10.9. The number of amides is 2. The van der Waals surface area contributed by atoms with Crippen molar-refractivity contribution in [3.8, 4) is 0 Å². The molecule has 2 amide bonds. The summed E-state index contributed by atoms with van der Waals surface area (Å²) in [6.45, 7) is 1.92. The van der Waals surface area contributed by atoms with Crippen molar-refractivity contribution >= 4 is 16.1 Å². The Kier molecular flexibility index (Phi) is 6.36. The van der Waals surface area contributed by atoms with Gasteiger partial charge in [-0.3, -0.25) is 0 Å². The third-order valence-corrected chi connectivity index (χ3v) is 7.03. The van der Waals surface area contributed by atoms with Gasteiger partial charge in [-0.25, -0.2) is 17.5 Å². The van der Waals surface area contributed by atoms with Gasteiger partial charge >= 0.3 is 6.03 Å². The van der Waals surface area contributed by atoms with E-state index in [1.54, 1.807) is 12.1 Å². The van der Waals surface area contributed by atoms with Crippen molar-refractivity contribution in [2.75, 3.05) is 27.2 Å². The van der Waals surface area contributed by atoms with Crippen molar-refractivity contribution < 1.29 is 13.2 Å². The van der Waals surface area contributed by atoms with E-state index in [1.807, 2.05) is 47.4 Å². The minimum absolute atomic E-state index is 0.0327. The number of hydrogen-bond acceptors (Lipinski definition) is 3. The lowest BCUT2D eigenvalue weighted by Crippen LogP contribution is -2.43. The summed E-state index contributed by atoms with van der Waals surface area (Å²) < 4.78 is 25.6. The maximum atomic E-state index is 12.4. The van der Waals surface area contributed by atoms with Gasteiger partial charge in [0.15, 0.2) is 0 Å². The molecule has 0 spiro atoms. The molecule has 0 atom stereocenters. The Labute approximate surface area is 167 Å². The molecule has 7 heteroatoms. The van der Waals surface area contributed by atoms with Crippen LogP contribution < -0.4 is 5.32 Å². The highest BCUT2D eigenvalue weighted by Crippen LogP contribution is 2.29. The molecule has 28 heavy (non-hydrogen) atoms. The summed E-state index contributed by atoms with van der Waals surface area (Å²) in [5.74, 6) is 0.342. The molecule has 6 nitrogen and oxygen atoms in total. The van der Waals surface area contributed by atoms with Crippen molar-refractivity contribution in [3.63, 3.8) is 0 Å². The van der Waals surface area contributed by atoms with Crippen LogP contribution in [0.25, 0.3) is 0 Å². The predicted octanol–water partition coefficient (Wildman–Crippen LogP) is 3.03. The Balaban J connectivity index is 1.53. The summed E-state index contributed by atoms with van der Waals surface area (Å²) in [6, 6.07) is 17.0. The number of likely N-dealkylation sites (tertiary alicyclic amines) is 1. The summed E-state index contributed by atoms with van der Waals surface area (Å²) in [7, 11) is -0.342. The molecule has 1 fully saturated rings. The number of rotatable bonds is 5. The van der Waals surface area contributed by atoms with Crippen molar-refractivity contribution in [2.45, 2.75) is 30.2 Å². The van der Waals surface area contributed by atoms with Gasteiger partial charge in [0.05, 0.1) is 4.90 Å². The first kappa shape index (κ1) is 20.4. The Morgan fingerprint density at radius 2 is 1.64 bits per heavy atom. The molecule has 0 radical (unpaired) electrons. The quantitative estimate of drug-likeness (QED) is 0.837. The van der Waals surface area contributed by atoms with Gasteiger partial charge in [0, 0.05) is 33.7 Å². The third-order valence-electron chi connectivity index (χ3n) is 5.20. The fourth-order valence-electron chi connectivity index (χ4n) is 3.42. The van der Waals surface area contributed by atoms with E-state index < -0.39 is 10.0 Å². The summed E-state index contributed by atoms with van der Waals surface area (Å²) in [4.78, 5) is 14.5. The SMILES string of the molecule is CN(C)S(=O)(=O)c1ccc(C2CCN(C(=O)NCc3ccccc3)CC2)cc1. The number of piperidine rings is 1. The lowest BCUT2D eigenvalue weighted by atomic mass is 9.89. The van der Waals surface area contributed by atoms with E-state index in [4.69, 9.17) is 0 Å². The number of urea groups is 1. The average molecular weight is 402 g/mol. The molecule has 1 saturated heterocycles. The number of hydrogen-bond donors (Lipinski definition) is 1. The summed E-state index contributed by atoms with van der Waals surface area (Å²) in [6.07, 6.45) is 1.75. The number of nitrogens with zero attached hydrogens (tertiary/aromatic N) is 2. The smallest absolute Gasteiger partial charge is 0.317 e. The number of benzene rings is 2. The molecule has 1 heterocycles.